The minimum atomic E-state index is -0.758. The fourth-order valence-electron chi connectivity index (χ4n) is 6.26. The standard InChI is InChI=1S/C30H30N10O/c41-30-10-13-39(24(30)9-11-31-17-30)28-26-22(19-6-7-19)15-32-16-23(26)35-27(37-28)20-8-12-33-25(14-20)36-29-34-18-40(38-29)21-4-2-1-3-5-21/h1-5,8,12,14-16,18-19,24,31,41H,6-7,9-11,13,17H2,(H,33,36,38)/t24?,30-/m0/s1. The van der Waals surface area contributed by atoms with E-state index in [1.807, 2.05) is 54.9 Å². The van der Waals surface area contributed by atoms with Crippen molar-refractivity contribution in [3.63, 3.8) is 0 Å². The summed E-state index contributed by atoms with van der Waals surface area (Å²) in [6.45, 7) is 2.23. The largest absolute Gasteiger partial charge is 0.386 e. The van der Waals surface area contributed by atoms with Crippen LogP contribution in [0.3, 0.4) is 0 Å². The molecule has 5 aromatic rings. The van der Waals surface area contributed by atoms with E-state index in [1.54, 1.807) is 17.2 Å². The van der Waals surface area contributed by atoms with E-state index in [-0.39, 0.29) is 6.04 Å². The first-order chi connectivity index (χ1) is 20.1. The zero-order valence-corrected chi connectivity index (χ0v) is 22.5. The van der Waals surface area contributed by atoms with Crippen molar-refractivity contribution in [1.82, 2.24) is 40.0 Å². The highest BCUT2D eigenvalue weighted by Gasteiger charge is 2.48. The van der Waals surface area contributed by atoms with Gasteiger partial charge in [0.05, 0.1) is 29.0 Å². The maximum absolute atomic E-state index is 11.5. The summed E-state index contributed by atoms with van der Waals surface area (Å²) in [6, 6.07) is 13.7. The molecule has 0 amide bonds. The Morgan fingerprint density at radius 3 is 2.80 bits per heavy atom. The first-order valence-corrected chi connectivity index (χ1v) is 14.2. The number of rotatable bonds is 6. The van der Waals surface area contributed by atoms with E-state index in [2.05, 4.69) is 35.6 Å². The molecule has 1 saturated carbocycles. The Balaban J connectivity index is 1.18. The molecule has 3 aliphatic rings. The van der Waals surface area contributed by atoms with Gasteiger partial charge in [-0.05, 0) is 68.0 Å². The van der Waals surface area contributed by atoms with Gasteiger partial charge in [-0.25, -0.2) is 19.6 Å². The minimum Gasteiger partial charge on any atom is -0.386 e. The fourth-order valence-corrected chi connectivity index (χ4v) is 6.26. The van der Waals surface area contributed by atoms with E-state index in [1.165, 1.54) is 5.56 Å². The summed E-state index contributed by atoms with van der Waals surface area (Å²) in [5, 5.41) is 23.6. The lowest BCUT2D eigenvalue weighted by atomic mass is 9.89. The van der Waals surface area contributed by atoms with Crippen LogP contribution in [0.5, 0.6) is 0 Å². The van der Waals surface area contributed by atoms with E-state index in [0.29, 0.717) is 36.5 Å². The third-order valence-electron chi connectivity index (χ3n) is 8.48. The second-order valence-electron chi connectivity index (χ2n) is 11.2. The minimum absolute atomic E-state index is 0.00962. The number of nitrogens with zero attached hydrogens (tertiary/aromatic N) is 8. The van der Waals surface area contributed by atoms with Gasteiger partial charge in [0.2, 0.25) is 5.95 Å². The van der Waals surface area contributed by atoms with E-state index in [9.17, 15) is 5.11 Å². The van der Waals surface area contributed by atoms with Crippen LogP contribution in [0.25, 0.3) is 28.0 Å². The maximum Gasteiger partial charge on any atom is 0.248 e. The Morgan fingerprint density at radius 1 is 1.02 bits per heavy atom. The van der Waals surface area contributed by atoms with Crippen LogP contribution in [0.4, 0.5) is 17.6 Å². The first kappa shape index (κ1) is 24.3. The van der Waals surface area contributed by atoms with Crippen molar-refractivity contribution in [3.8, 4) is 17.1 Å². The summed E-state index contributed by atoms with van der Waals surface area (Å²) in [6.07, 6.45) is 11.1. The van der Waals surface area contributed by atoms with E-state index >= 15 is 0 Å². The van der Waals surface area contributed by atoms with Crippen molar-refractivity contribution in [2.24, 2.45) is 0 Å². The predicted molar refractivity (Wildman–Crippen MR) is 155 cm³/mol. The number of piperidine rings is 1. The molecule has 2 saturated heterocycles. The number of aromatic nitrogens is 7. The first-order valence-electron chi connectivity index (χ1n) is 14.2. The van der Waals surface area contributed by atoms with Crippen LogP contribution < -0.4 is 15.5 Å². The van der Waals surface area contributed by atoms with Crippen LogP contribution in [-0.4, -0.2) is 71.1 Å². The molecule has 41 heavy (non-hydrogen) atoms. The lowest BCUT2D eigenvalue weighted by Gasteiger charge is -2.39. The molecular weight excluding hydrogens is 516 g/mol. The average molecular weight is 547 g/mol. The van der Waals surface area contributed by atoms with Gasteiger partial charge < -0.3 is 20.6 Å². The number of hydrogen-bond donors (Lipinski definition) is 3. The summed E-state index contributed by atoms with van der Waals surface area (Å²) < 4.78 is 1.72. The van der Waals surface area contributed by atoms with Gasteiger partial charge in [-0.1, -0.05) is 18.2 Å². The molecule has 0 radical (unpaired) electrons. The molecule has 3 N–H and O–H groups in total. The normalized spacial score (nSPS) is 22.2. The van der Waals surface area contributed by atoms with Gasteiger partial charge >= 0.3 is 0 Å². The van der Waals surface area contributed by atoms with Crippen LogP contribution in [0.1, 0.15) is 37.2 Å². The summed E-state index contributed by atoms with van der Waals surface area (Å²) in [4.78, 5) is 26.0. The Hall–Kier alpha value is -4.48. The van der Waals surface area contributed by atoms with Gasteiger partial charge in [0.1, 0.15) is 18.0 Å². The molecule has 2 atom stereocenters. The molecule has 0 spiro atoms. The van der Waals surface area contributed by atoms with Crippen LogP contribution in [0, 0.1) is 0 Å². The zero-order valence-electron chi connectivity index (χ0n) is 22.5. The molecular formula is C30H30N10O. The number of pyridine rings is 2. The topological polar surface area (TPSA) is 130 Å². The number of anilines is 3. The molecule has 4 aromatic heterocycles. The van der Waals surface area contributed by atoms with Crippen molar-refractivity contribution in [3.05, 3.63) is 72.9 Å². The number of hydrogen-bond acceptors (Lipinski definition) is 10. The number of aliphatic hydroxyl groups is 1. The third-order valence-corrected chi connectivity index (χ3v) is 8.48. The molecule has 11 heteroatoms. The molecule has 1 aliphatic carbocycles. The number of nitrogens with one attached hydrogen (secondary N) is 2. The number of β-amino-alcohol motifs (C(OH)–C–C–N with tert-alkyl or cyclic N) is 1. The second kappa shape index (κ2) is 9.57. The van der Waals surface area contributed by atoms with Gasteiger partial charge in [-0.3, -0.25) is 4.98 Å². The summed E-state index contributed by atoms with van der Waals surface area (Å²) in [5.41, 5.74) is 3.03. The van der Waals surface area contributed by atoms with Gasteiger partial charge in [-0.15, -0.1) is 5.10 Å². The summed E-state index contributed by atoms with van der Waals surface area (Å²) >= 11 is 0. The number of benzene rings is 1. The zero-order chi connectivity index (χ0) is 27.4. The fraction of sp³-hybridized carbons (Fsp3) is 0.333. The van der Waals surface area contributed by atoms with Gasteiger partial charge in [0.15, 0.2) is 5.82 Å². The molecule has 206 valence electrons. The third kappa shape index (κ3) is 4.37. The van der Waals surface area contributed by atoms with Gasteiger partial charge in [0, 0.05) is 36.4 Å². The van der Waals surface area contributed by atoms with E-state index in [0.717, 1.165) is 60.3 Å². The molecule has 1 unspecified atom stereocenters. The Labute approximate surface area is 236 Å². The quantitative estimate of drug-likeness (QED) is 0.290. The SMILES string of the molecule is O[C@]12CCN(c3nc(-c4ccnc(Nc5ncn(-c6ccccc6)n5)c4)nc4cncc(C5CC5)c34)C1CCNC2. The molecule has 0 bridgehead atoms. The monoisotopic (exact) mass is 546 g/mol. The van der Waals surface area contributed by atoms with E-state index < -0.39 is 5.60 Å². The van der Waals surface area contributed by atoms with Crippen molar-refractivity contribution >= 4 is 28.5 Å². The van der Waals surface area contributed by atoms with Crippen molar-refractivity contribution in [2.75, 3.05) is 29.9 Å². The van der Waals surface area contributed by atoms with Crippen LogP contribution in [-0.2, 0) is 0 Å². The highest BCUT2D eigenvalue weighted by Crippen LogP contribution is 2.46. The summed E-state index contributed by atoms with van der Waals surface area (Å²) in [5.74, 6) is 3.02. The Kier molecular flexibility index (Phi) is 5.68. The molecule has 8 rings (SSSR count). The highest BCUT2D eigenvalue weighted by atomic mass is 16.3. The summed E-state index contributed by atoms with van der Waals surface area (Å²) in [7, 11) is 0. The molecule has 6 heterocycles. The van der Waals surface area contributed by atoms with Crippen LogP contribution in [0.15, 0.2) is 67.4 Å². The lowest BCUT2D eigenvalue weighted by Crippen LogP contribution is -2.56. The van der Waals surface area contributed by atoms with Crippen molar-refractivity contribution in [2.45, 2.75) is 43.2 Å². The van der Waals surface area contributed by atoms with Gasteiger partial charge in [0.25, 0.3) is 0 Å². The van der Waals surface area contributed by atoms with Crippen LogP contribution >= 0.6 is 0 Å². The molecule has 1 aromatic carbocycles. The molecule has 2 aliphatic heterocycles. The van der Waals surface area contributed by atoms with Gasteiger partial charge in [-0.2, -0.15) is 4.98 Å². The highest BCUT2D eigenvalue weighted by molar-refractivity contribution is 5.94. The maximum atomic E-state index is 11.5. The lowest BCUT2D eigenvalue weighted by molar-refractivity contribution is 0.0159. The predicted octanol–water partition coefficient (Wildman–Crippen LogP) is 3.59. The molecule has 11 nitrogen and oxygen atoms in total. The average Bonchev–Trinajstić information content (AvgIpc) is 3.65. The number of para-hydroxylation sites is 1. The van der Waals surface area contributed by atoms with Crippen molar-refractivity contribution < 1.29 is 5.11 Å². The van der Waals surface area contributed by atoms with Crippen molar-refractivity contribution in [1.29, 1.82) is 0 Å². The Morgan fingerprint density at radius 2 is 1.93 bits per heavy atom. The van der Waals surface area contributed by atoms with E-state index in [4.69, 9.17) is 9.97 Å². The molecule has 3 fully saturated rings. The smallest absolute Gasteiger partial charge is 0.248 e. The number of fused-ring (bicyclic) bond motifs is 2. The second-order valence-corrected chi connectivity index (χ2v) is 11.2. The Bertz CT molecular complexity index is 1740. The van der Waals surface area contributed by atoms with Crippen LogP contribution in [0.2, 0.25) is 0 Å².